The van der Waals surface area contributed by atoms with E-state index in [1.165, 1.54) is 12.5 Å². The van der Waals surface area contributed by atoms with Gasteiger partial charge in [0.15, 0.2) is 5.78 Å². The van der Waals surface area contributed by atoms with Gasteiger partial charge in [0.1, 0.15) is 0 Å². The Balaban J connectivity index is 1.91. The molecule has 4 heteroatoms. The summed E-state index contributed by atoms with van der Waals surface area (Å²) >= 11 is 0. The number of aromatic nitrogens is 1. The molecule has 0 unspecified atom stereocenters. The van der Waals surface area contributed by atoms with Gasteiger partial charge in [-0.05, 0) is 37.8 Å². The quantitative estimate of drug-likeness (QED) is 0.635. The van der Waals surface area contributed by atoms with E-state index in [0.717, 1.165) is 24.1 Å². The van der Waals surface area contributed by atoms with E-state index in [0.29, 0.717) is 17.8 Å². The predicted octanol–water partition coefficient (Wildman–Crippen LogP) is 3.20. The van der Waals surface area contributed by atoms with E-state index in [4.69, 9.17) is 0 Å². The second-order valence-corrected chi connectivity index (χ2v) is 5.53. The van der Waals surface area contributed by atoms with Gasteiger partial charge in [0.05, 0.1) is 11.3 Å². The maximum Gasteiger partial charge on any atom is 0.253 e. The Bertz CT molecular complexity index is 672. The van der Waals surface area contributed by atoms with Crippen LogP contribution in [0.1, 0.15) is 51.0 Å². The van der Waals surface area contributed by atoms with Gasteiger partial charge in [0.25, 0.3) is 5.91 Å². The maximum atomic E-state index is 12.3. The van der Waals surface area contributed by atoms with Gasteiger partial charge in [-0.15, -0.1) is 0 Å². The maximum absolute atomic E-state index is 12.3. The van der Waals surface area contributed by atoms with E-state index in [1.54, 1.807) is 6.92 Å². The van der Waals surface area contributed by atoms with Gasteiger partial charge < -0.3 is 10.3 Å². The van der Waals surface area contributed by atoms with Crippen LogP contribution in [0.3, 0.4) is 0 Å². The minimum atomic E-state index is -0.119. The molecule has 0 atom stereocenters. The molecule has 4 nitrogen and oxygen atoms in total. The van der Waals surface area contributed by atoms with Crippen molar-refractivity contribution in [3.05, 3.63) is 58.4 Å². The first kappa shape index (κ1) is 16.0. The van der Waals surface area contributed by atoms with Gasteiger partial charge in [-0.2, -0.15) is 0 Å². The van der Waals surface area contributed by atoms with Crippen LogP contribution >= 0.6 is 0 Å². The van der Waals surface area contributed by atoms with Crippen molar-refractivity contribution in [2.75, 3.05) is 6.54 Å². The Morgan fingerprint density at radius 3 is 2.41 bits per heavy atom. The number of rotatable bonds is 6. The van der Waals surface area contributed by atoms with Crippen molar-refractivity contribution in [1.82, 2.24) is 10.3 Å². The Kier molecular flexibility index (Phi) is 5.15. The third-order valence-corrected chi connectivity index (χ3v) is 3.79. The van der Waals surface area contributed by atoms with Crippen molar-refractivity contribution in [3.63, 3.8) is 0 Å². The third kappa shape index (κ3) is 3.64. The molecule has 1 aromatic carbocycles. The molecule has 0 saturated carbocycles. The first-order valence-corrected chi connectivity index (χ1v) is 7.53. The average molecular weight is 298 g/mol. The molecule has 0 bridgehead atoms. The highest BCUT2D eigenvalue weighted by Crippen LogP contribution is 2.18. The van der Waals surface area contributed by atoms with Crippen molar-refractivity contribution in [2.24, 2.45) is 0 Å². The molecule has 0 aliphatic heterocycles. The summed E-state index contributed by atoms with van der Waals surface area (Å²) in [6, 6.07) is 10.2. The Labute approximate surface area is 130 Å². The van der Waals surface area contributed by atoms with Crippen LogP contribution in [0.2, 0.25) is 0 Å². The number of carbonyl (C=O) groups excluding carboxylic acids is 2. The van der Waals surface area contributed by atoms with Crippen LogP contribution in [0.15, 0.2) is 30.3 Å². The monoisotopic (exact) mass is 298 g/mol. The number of aryl methyl sites for hydroxylation is 2. The van der Waals surface area contributed by atoms with Crippen LogP contribution in [0.5, 0.6) is 0 Å². The number of Topliss-reactive ketones (excluding diaryl/α,β-unsaturated/α-hetero) is 1. The first-order chi connectivity index (χ1) is 10.5. The lowest BCUT2D eigenvalue weighted by molar-refractivity contribution is 0.0952. The van der Waals surface area contributed by atoms with Gasteiger partial charge in [-0.25, -0.2) is 0 Å². The van der Waals surface area contributed by atoms with Gasteiger partial charge in [0.2, 0.25) is 0 Å². The number of carbonyl (C=O) groups is 2. The summed E-state index contributed by atoms with van der Waals surface area (Å²) in [6.07, 6.45) is 1.82. The van der Waals surface area contributed by atoms with Crippen LogP contribution in [0.25, 0.3) is 0 Å². The number of nitrogens with one attached hydrogen (secondary N) is 2. The molecule has 0 saturated heterocycles. The zero-order chi connectivity index (χ0) is 16.1. The molecule has 1 aromatic heterocycles. The van der Waals surface area contributed by atoms with Crippen molar-refractivity contribution in [3.8, 4) is 0 Å². The normalized spacial score (nSPS) is 10.5. The number of H-pyrrole nitrogens is 1. The zero-order valence-corrected chi connectivity index (χ0v) is 13.3. The summed E-state index contributed by atoms with van der Waals surface area (Å²) in [5.41, 5.74) is 3.84. The molecule has 2 rings (SSSR count). The van der Waals surface area contributed by atoms with Crippen LogP contribution in [0.4, 0.5) is 0 Å². The van der Waals surface area contributed by atoms with Gasteiger partial charge >= 0.3 is 0 Å². The minimum Gasteiger partial charge on any atom is -0.355 e. The van der Waals surface area contributed by atoms with E-state index in [1.807, 2.05) is 25.1 Å². The lowest BCUT2D eigenvalue weighted by Crippen LogP contribution is -2.25. The third-order valence-electron chi connectivity index (χ3n) is 3.79. The van der Waals surface area contributed by atoms with Crippen LogP contribution in [0, 0.1) is 13.8 Å². The minimum absolute atomic E-state index is 0.0521. The summed E-state index contributed by atoms with van der Waals surface area (Å²) < 4.78 is 0. The molecule has 0 radical (unpaired) electrons. The summed E-state index contributed by atoms with van der Waals surface area (Å²) in [6.45, 7) is 5.74. The molecule has 2 N–H and O–H groups in total. The smallest absolute Gasteiger partial charge is 0.253 e. The van der Waals surface area contributed by atoms with Gasteiger partial charge in [-0.3, -0.25) is 9.59 Å². The molecular formula is C18H22N2O2. The van der Waals surface area contributed by atoms with Gasteiger partial charge in [-0.1, -0.05) is 30.3 Å². The molecule has 116 valence electrons. The number of hydrogen-bond donors (Lipinski definition) is 2. The molecule has 0 fully saturated rings. The highest BCUT2D eigenvalue weighted by Gasteiger charge is 2.19. The van der Waals surface area contributed by atoms with Crippen molar-refractivity contribution in [2.45, 2.75) is 33.6 Å². The van der Waals surface area contributed by atoms with Crippen molar-refractivity contribution < 1.29 is 9.59 Å². The lowest BCUT2D eigenvalue weighted by Gasteiger charge is -2.06. The second kappa shape index (κ2) is 7.07. The fourth-order valence-electron chi connectivity index (χ4n) is 2.67. The molecule has 0 aliphatic carbocycles. The molecule has 2 aromatic rings. The number of ketones is 1. The van der Waals surface area contributed by atoms with Crippen LogP contribution < -0.4 is 5.32 Å². The highest BCUT2D eigenvalue weighted by molar-refractivity contribution is 6.02. The second-order valence-electron chi connectivity index (χ2n) is 5.53. The summed E-state index contributed by atoms with van der Waals surface area (Å²) in [7, 11) is 0. The Morgan fingerprint density at radius 2 is 1.82 bits per heavy atom. The molecule has 22 heavy (non-hydrogen) atoms. The molecule has 0 aliphatic rings. The first-order valence-electron chi connectivity index (χ1n) is 7.53. The fourth-order valence-corrected chi connectivity index (χ4v) is 2.67. The van der Waals surface area contributed by atoms with Crippen molar-refractivity contribution >= 4 is 11.7 Å². The molecule has 1 amide bonds. The van der Waals surface area contributed by atoms with Crippen molar-refractivity contribution in [1.29, 1.82) is 0 Å². The molecular weight excluding hydrogens is 276 g/mol. The van der Waals surface area contributed by atoms with E-state index in [2.05, 4.69) is 22.4 Å². The Hall–Kier alpha value is -2.36. The number of benzene rings is 1. The molecule has 0 spiro atoms. The van der Waals surface area contributed by atoms with Gasteiger partial charge in [0, 0.05) is 19.2 Å². The van der Waals surface area contributed by atoms with Crippen LogP contribution in [-0.4, -0.2) is 23.2 Å². The van der Waals surface area contributed by atoms with Crippen LogP contribution in [-0.2, 0) is 6.42 Å². The van der Waals surface area contributed by atoms with E-state index >= 15 is 0 Å². The highest BCUT2D eigenvalue weighted by atomic mass is 16.1. The summed E-state index contributed by atoms with van der Waals surface area (Å²) in [5.74, 6) is -0.171. The summed E-state index contributed by atoms with van der Waals surface area (Å²) in [4.78, 5) is 26.8. The lowest BCUT2D eigenvalue weighted by atomic mass is 10.1. The number of hydrogen-bond acceptors (Lipinski definition) is 2. The fraction of sp³-hybridized carbons (Fsp3) is 0.333. The van der Waals surface area contributed by atoms with E-state index in [9.17, 15) is 9.59 Å². The number of aromatic amines is 1. The standard InChI is InChI=1S/C18H22N2O2/c1-12-16(13(2)20-17(12)14(3)21)18(22)19-11-7-10-15-8-5-4-6-9-15/h4-6,8-9,20H,7,10-11H2,1-3H3,(H,19,22). The molecule has 1 heterocycles. The predicted molar refractivity (Wildman–Crippen MR) is 87.4 cm³/mol. The SMILES string of the molecule is CC(=O)c1[nH]c(C)c(C(=O)NCCCc2ccccc2)c1C. The zero-order valence-electron chi connectivity index (χ0n) is 13.3. The Morgan fingerprint density at radius 1 is 1.14 bits per heavy atom. The largest absolute Gasteiger partial charge is 0.355 e. The number of amides is 1. The summed E-state index contributed by atoms with van der Waals surface area (Å²) in [5, 5.41) is 2.93. The topological polar surface area (TPSA) is 62.0 Å². The van der Waals surface area contributed by atoms with E-state index < -0.39 is 0 Å². The average Bonchev–Trinajstić information content (AvgIpc) is 2.80. The van der Waals surface area contributed by atoms with E-state index in [-0.39, 0.29) is 11.7 Å².